The molecule has 4 rings (SSSR count). The summed E-state index contributed by atoms with van der Waals surface area (Å²) in [6.07, 6.45) is 2.04. The number of aliphatic hydroxyl groups excluding tert-OH is 1. The maximum atomic E-state index is 13.1. The third-order valence-electron chi connectivity index (χ3n) is 5.33. The Morgan fingerprint density at radius 2 is 1.63 bits per heavy atom. The molecule has 3 aromatic carbocycles. The fraction of sp³-hybridized carbons (Fsp3) is 0.160. The van der Waals surface area contributed by atoms with Crippen molar-refractivity contribution in [3.8, 4) is 5.75 Å². The molecule has 1 amide bonds. The van der Waals surface area contributed by atoms with Gasteiger partial charge in [0, 0.05) is 17.0 Å². The van der Waals surface area contributed by atoms with Gasteiger partial charge in [0.15, 0.2) is 5.76 Å². The number of hydrogen-bond acceptors (Lipinski definition) is 4. The van der Waals surface area contributed by atoms with Crippen LogP contribution in [-0.2, 0) is 11.3 Å². The topological polar surface area (TPSA) is 49.8 Å². The Balaban J connectivity index is 1.75. The average Bonchev–Trinajstić information content (AvgIpc) is 3.05. The first kappa shape index (κ1) is 20.1. The molecule has 0 aromatic heterocycles. The van der Waals surface area contributed by atoms with Gasteiger partial charge in [0.2, 0.25) is 0 Å². The van der Waals surface area contributed by atoms with Crippen molar-refractivity contribution >= 4 is 23.2 Å². The number of methoxy groups -OCH3 is 1. The molecule has 5 heteroatoms. The minimum Gasteiger partial charge on any atom is -0.503 e. The molecule has 1 N–H and O–H groups in total. The van der Waals surface area contributed by atoms with E-state index >= 15 is 0 Å². The van der Waals surface area contributed by atoms with Crippen LogP contribution in [0.1, 0.15) is 22.7 Å². The zero-order valence-corrected chi connectivity index (χ0v) is 17.7. The van der Waals surface area contributed by atoms with E-state index in [9.17, 15) is 9.90 Å². The number of amides is 1. The van der Waals surface area contributed by atoms with Crippen molar-refractivity contribution in [2.45, 2.75) is 17.5 Å². The Labute approximate surface area is 180 Å². The zero-order chi connectivity index (χ0) is 21.1. The molecular formula is C25H23NO3S. The highest BCUT2D eigenvalue weighted by molar-refractivity contribution is 7.98. The van der Waals surface area contributed by atoms with Crippen LogP contribution in [0, 0.1) is 0 Å². The summed E-state index contributed by atoms with van der Waals surface area (Å²) in [5, 5.41) is 10.9. The summed E-state index contributed by atoms with van der Waals surface area (Å²) in [6.45, 7) is 0.413. The summed E-state index contributed by atoms with van der Waals surface area (Å²) in [7, 11) is 1.61. The highest BCUT2D eigenvalue weighted by Gasteiger charge is 2.40. The highest BCUT2D eigenvalue weighted by atomic mass is 32.2. The molecule has 0 bridgehead atoms. The second-order valence-electron chi connectivity index (χ2n) is 7.09. The molecule has 0 saturated carbocycles. The average molecular weight is 418 g/mol. The summed E-state index contributed by atoms with van der Waals surface area (Å²) in [6, 6.07) is 25.1. The number of carbonyl (C=O) groups excluding carboxylic acids is 1. The van der Waals surface area contributed by atoms with Crippen LogP contribution in [0.15, 0.2) is 89.5 Å². The van der Waals surface area contributed by atoms with Crippen molar-refractivity contribution in [3.63, 3.8) is 0 Å². The van der Waals surface area contributed by atoms with Crippen LogP contribution in [-0.4, -0.2) is 29.3 Å². The lowest BCUT2D eigenvalue weighted by atomic mass is 9.93. The van der Waals surface area contributed by atoms with Gasteiger partial charge in [0.25, 0.3) is 5.91 Å². The molecule has 0 spiro atoms. The van der Waals surface area contributed by atoms with Gasteiger partial charge in [0.1, 0.15) is 5.75 Å². The van der Waals surface area contributed by atoms with Crippen LogP contribution in [0.4, 0.5) is 0 Å². The van der Waals surface area contributed by atoms with E-state index in [-0.39, 0.29) is 17.7 Å². The predicted octanol–water partition coefficient (Wildman–Crippen LogP) is 5.47. The fourth-order valence-corrected chi connectivity index (χ4v) is 4.20. The van der Waals surface area contributed by atoms with Gasteiger partial charge in [-0.1, -0.05) is 54.6 Å². The van der Waals surface area contributed by atoms with Gasteiger partial charge >= 0.3 is 0 Å². The molecule has 1 aliphatic heterocycles. The minimum absolute atomic E-state index is 0.199. The van der Waals surface area contributed by atoms with Crippen molar-refractivity contribution < 1.29 is 14.6 Å². The van der Waals surface area contributed by atoms with Gasteiger partial charge in [-0.2, -0.15) is 0 Å². The summed E-state index contributed by atoms with van der Waals surface area (Å²) in [5.41, 5.74) is 3.40. The van der Waals surface area contributed by atoms with E-state index in [1.807, 2.05) is 73.0 Å². The number of rotatable bonds is 6. The number of ether oxygens (including phenoxy) is 1. The van der Waals surface area contributed by atoms with E-state index in [1.165, 1.54) is 4.90 Å². The summed E-state index contributed by atoms with van der Waals surface area (Å²) < 4.78 is 5.25. The minimum atomic E-state index is -0.368. The molecule has 0 saturated heterocycles. The third-order valence-corrected chi connectivity index (χ3v) is 6.08. The van der Waals surface area contributed by atoms with E-state index in [4.69, 9.17) is 4.74 Å². The maximum Gasteiger partial charge on any atom is 0.290 e. The van der Waals surface area contributed by atoms with Crippen LogP contribution >= 0.6 is 11.8 Å². The van der Waals surface area contributed by atoms with Gasteiger partial charge in [-0.15, -0.1) is 11.8 Å². The second kappa shape index (κ2) is 8.67. The molecule has 1 aliphatic rings. The van der Waals surface area contributed by atoms with Gasteiger partial charge in [0.05, 0.1) is 13.2 Å². The molecule has 1 heterocycles. The molecule has 4 nitrogen and oxygen atoms in total. The van der Waals surface area contributed by atoms with E-state index in [1.54, 1.807) is 23.8 Å². The van der Waals surface area contributed by atoms with Crippen LogP contribution in [0.3, 0.4) is 0 Å². The van der Waals surface area contributed by atoms with Crippen molar-refractivity contribution in [1.29, 1.82) is 0 Å². The lowest BCUT2D eigenvalue weighted by molar-refractivity contribution is -0.130. The summed E-state index contributed by atoms with van der Waals surface area (Å²) >= 11 is 1.68. The first-order valence-corrected chi connectivity index (χ1v) is 10.9. The largest absolute Gasteiger partial charge is 0.503 e. The predicted molar refractivity (Wildman–Crippen MR) is 120 cm³/mol. The molecule has 0 fully saturated rings. The van der Waals surface area contributed by atoms with Crippen LogP contribution in [0.5, 0.6) is 5.75 Å². The highest BCUT2D eigenvalue weighted by Crippen LogP contribution is 2.44. The normalized spacial score (nSPS) is 16.3. The Bertz CT molecular complexity index is 1060. The molecule has 0 aliphatic carbocycles. The molecule has 3 aromatic rings. The molecular weight excluding hydrogens is 394 g/mol. The number of hydrogen-bond donors (Lipinski definition) is 1. The first-order valence-electron chi connectivity index (χ1n) is 9.68. The molecule has 152 valence electrons. The number of thioether (sulfide) groups is 1. The van der Waals surface area contributed by atoms with Gasteiger partial charge in [-0.25, -0.2) is 0 Å². The lowest BCUT2D eigenvalue weighted by Crippen LogP contribution is -2.29. The van der Waals surface area contributed by atoms with E-state index in [2.05, 4.69) is 12.1 Å². The van der Waals surface area contributed by atoms with E-state index in [0.717, 1.165) is 22.4 Å². The Kier molecular flexibility index (Phi) is 5.81. The third kappa shape index (κ3) is 3.81. The maximum absolute atomic E-state index is 13.1. The molecule has 0 unspecified atom stereocenters. The number of benzene rings is 3. The molecule has 30 heavy (non-hydrogen) atoms. The monoisotopic (exact) mass is 417 g/mol. The smallest absolute Gasteiger partial charge is 0.290 e. The Morgan fingerprint density at radius 1 is 0.967 bits per heavy atom. The van der Waals surface area contributed by atoms with E-state index in [0.29, 0.717) is 12.1 Å². The molecule has 1 atom stereocenters. The van der Waals surface area contributed by atoms with Crippen molar-refractivity contribution in [1.82, 2.24) is 4.90 Å². The SMILES string of the molecule is COc1ccc(C2=C(O)C(=O)N(Cc3ccc(SC)cc3)[C@@H]2c2ccccc2)cc1. The summed E-state index contributed by atoms with van der Waals surface area (Å²) in [4.78, 5) is 16.0. The standard InChI is InChI=1S/C25H23NO3S/c1-29-20-12-10-18(11-13-20)22-23(19-6-4-3-5-7-19)26(25(28)24(22)27)16-17-8-14-21(30-2)15-9-17/h3-15,23,27H,16H2,1-2H3/t23-/m1/s1. The van der Waals surface area contributed by atoms with Gasteiger partial charge < -0.3 is 14.7 Å². The van der Waals surface area contributed by atoms with Crippen LogP contribution in [0.2, 0.25) is 0 Å². The van der Waals surface area contributed by atoms with Crippen molar-refractivity contribution in [2.24, 2.45) is 0 Å². The van der Waals surface area contributed by atoms with Crippen LogP contribution < -0.4 is 4.74 Å². The first-order chi connectivity index (χ1) is 14.6. The quantitative estimate of drug-likeness (QED) is 0.540. The lowest BCUT2D eigenvalue weighted by Gasteiger charge is -2.27. The Morgan fingerprint density at radius 3 is 2.23 bits per heavy atom. The molecule has 0 radical (unpaired) electrons. The van der Waals surface area contributed by atoms with Crippen LogP contribution in [0.25, 0.3) is 5.57 Å². The Hall–Kier alpha value is -3.18. The van der Waals surface area contributed by atoms with Gasteiger partial charge in [-0.05, 0) is 47.2 Å². The fourth-order valence-electron chi connectivity index (χ4n) is 3.79. The van der Waals surface area contributed by atoms with E-state index < -0.39 is 0 Å². The van der Waals surface area contributed by atoms with Crippen molar-refractivity contribution in [2.75, 3.05) is 13.4 Å². The zero-order valence-electron chi connectivity index (χ0n) is 16.9. The van der Waals surface area contributed by atoms with Gasteiger partial charge in [-0.3, -0.25) is 4.79 Å². The second-order valence-corrected chi connectivity index (χ2v) is 7.96. The summed E-state index contributed by atoms with van der Waals surface area (Å²) in [5.74, 6) is 0.170. The number of carbonyl (C=O) groups is 1. The number of aliphatic hydroxyl groups is 1. The number of nitrogens with zero attached hydrogens (tertiary/aromatic N) is 1. The van der Waals surface area contributed by atoms with Crippen molar-refractivity contribution in [3.05, 3.63) is 101 Å².